The van der Waals surface area contributed by atoms with Crippen LogP contribution in [0.2, 0.25) is 0 Å². The highest BCUT2D eigenvalue weighted by atomic mass is 15.1. The Kier molecular flexibility index (Phi) is 3.02. The summed E-state index contributed by atoms with van der Waals surface area (Å²) >= 11 is 0. The predicted molar refractivity (Wildman–Crippen MR) is 76.0 cm³/mol. The fourth-order valence-electron chi connectivity index (χ4n) is 2.77. The second-order valence-corrected chi connectivity index (χ2v) is 5.58. The average molecular weight is 253 g/mol. The Morgan fingerprint density at radius 2 is 2.05 bits per heavy atom. The smallest absolute Gasteiger partial charge is 0.113 e. The molecule has 0 atom stereocenters. The Bertz CT molecular complexity index is 657. The lowest BCUT2D eigenvalue weighted by Gasteiger charge is -2.25. The van der Waals surface area contributed by atoms with E-state index in [-0.39, 0.29) is 0 Å². The zero-order chi connectivity index (χ0) is 13.4. The van der Waals surface area contributed by atoms with Crippen LogP contribution >= 0.6 is 0 Å². The van der Waals surface area contributed by atoms with Crippen LogP contribution in [0.1, 0.15) is 48.6 Å². The van der Waals surface area contributed by atoms with Crippen LogP contribution in [0.3, 0.4) is 0 Å². The van der Waals surface area contributed by atoms with Crippen LogP contribution in [0.4, 0.5) is 0 Å². The molecule has 0 unspecified atom stereocenters. The number of aryl methyl sites for hydroxylation is 3. The van der Waals surface area contributed by atoms with E-state index in [2.05, 4.69) is 36.6 Å². The first-order valence-corrected chi connectivity index (χ1v) is 7.05. The van der Waals surface area contributed by atoms with Gasteiger partial charge < -0.3 is 4.57 Å². The van der Waals surface area contributed by atoms with Crippen LogP contribution in [-0.4, -0.2) is 9.55 Å². The quantitative estimate of drug-likeness (QED) is 0.834. The van der Waals surface area contributed by atoms with Gasteiger partial charge in [0.15, 0.2) is 0 Å². The summed E-state index contributed by atoms with van der Waals surface area (Å²) in [6.45, 7) is 5.03. The molecule has 3 rings (SSSR count). The third-order valence-electron chi connectivity index (χ3n) is 4.31. The van der Waals surface area contributed by atoms with E-state index in [1.807, 2.05) is 0 Å². The van der Waals surface area contributed by atoms with E-state index in [1.165, 1.54) is 41.7 Å². The van der Waals surface area contributed by atoms with Crippen molar-refractivity contribution in [3.63, 3.8) is 0 Å². The number of benzene rings is 1. The van der Waals surface area contributed by atoms with E-state index in [0.717, 1.165) is 12.1 Å². The third kappa shape index (κ3) is 2.02. The molecule has 3 nitrogen and oxygen atoms in total. The predicted octanol–water partition coefficient (Wildman–Crippen LogP) is 3.83. The van der Waals surface area contributed by atoms with Crippen LogP contribution in [0.25, 0.3) is 11.0 Å². The highest BCUT2D eigenvalue weighted by Gasteiger charge is 2.25. The van der Waals surface area contributed by atoms with Gasteiger partial charge in [-0.3, -0.25) is 0 Å². The molecular weight excluding hydrogens is 234 g/mol. The molecular formula is C16H19N3. The highest BCUT2D eigenvalue weighted by Crippen LogP contribution is 2.37. The summed E-state index contributed by atoms with van der Waals surface area (Å²) in [5.41, 5.74) is 4.87. The molecule has 0 amide bonds. The maximum atomic E-state index is 8.85. The molecule has 1 heterocycles. The molecule has 1 aliphatic carbocycles. The van der Waals surface area contributed by atoms with E-state index in [0.29, 0.717) is 12.3 Å². The van der Waals surface area contributed by atoms with E-state index >= 15 is 0 Å². The molecule has 0 spiro atoms. The molecule has 1 aromatic heterocycles. The zero-order valence-electron chi connectivity index (χ0n) is 11.6. The van der Waals surface area contributed by atoms with Crippen molar-refractivity contribution in [3.8, 4) is 6.07 Å². The summed E-state index contributed by atoms with van der Waals surface area (Å²) in [6.07, 6.45) is 4.35. The zero-order valence-corrected chi connectivity index (χ0v) is 11.6. The number of imidazole rings is 1. The minimum atomic E-state index is 0.554. The first-order valence-electron chi connectivity index (χ1n) is 7.05. The van der Waals surface area contributed by atoms with Gasteiger partial charge in [0.25, 0.3) is 0 Å². The monoisotopic (exact) mass is 253 g/mol. The first-order chi connectivity index (χ1) is 9.20. The average Bonchev–Trinajstić information content (AvgIpc) is 2.63. The minimum absolute atomic E-state index is 0.554. The lowest BCUT2D eigenvalue weighted by molar-refractivity contribution is 0.389. The van der Waals surface area contributed by atoms with Gasteiger partial charge in [-0.1, -0.05) is 6.42 Å². The Morgan fingerprint density at radius 3 is 2.68 bits per heavy atom. The van der Waals surface area contributed by atoms with E-state index in [1.54, 1.807) is 0 Å². The van der Waals surface area contributed by atoms with Gasteiger partial charge >= 0.3 is 0 Å². The van der Waals surface area contributed by atoms with Gasteiger partial charge in [-0.05, 0) is 49.9 Å². The van der Waals surface area contributed by atoms with Crippen LogP contribution in [0, 0.1) is 25.2 Å². The maximum absolute atomic E-state index is 8.85. The molecule has 3 heteroatoms. The van der Waals surface area contributed by atoms with Gasteiger partial charge in [0, 0.05) is 12.5 Å². The van der Waals surface area contributed by atoms with Crippen LogP contribution in [-0.2, 0) is 6.54 Å². The van der Waals surface area contributed by atoms with E-state index in [9.17, 15) is 0 Å². The summed E-state index contributed by atoms with van der Waals surface area (Å²) < 4.78 is 2.27. The van der Waals surface area contributed by atoms with Gasteiger partial charge in [-0.2, -0.15) is 5.26 Å². The Balaban J connectivity index is 2.15. The third-order valence-corrected chi connectivity index (χ3v) is 4.31. The molecule has 0 radical (unpaired) electrons. The van der Waals surface area contributed by atoms with Crippen molar-refractivity contribution in [3.05, 3.63) is 29.1 Å². The fourth-order valence-corrected chi connectivity index (χ4v) is 2.77. The summed E-state index contributed by atoms with van der Waals surface area (Å²) in [5, 5.41) is 8.85. The summed E-state index contributed by atoms with van der Waals surface area (Å²) in [6, 6.07) is 6.65. The van der Waals surface area contributed by atoms with Gasteiger partial charge in [0.1, 0.15) is 5.82 Å². The van der Waals surface area contributed by atoms with E-state index in [4.69, 9.17) is 10.2 Å². The molecule has 1 fully saturated rings. The first kappa shape index (κ1) is 12.2. The molecule has 0 N–H and O–H groups in total. The van der Waals surface area contributed by atoms with Crippen molar-refractivity contribution in [2.75, 3.05) is 0 Å². The lowest BCUT2D eigenvalue weighted by Crippen LogP contribution is -2.15. The van der Waals surface area contributed by atoms with Gasteiger partial charge in [0.2, 0.25) is 0 Å². The van der Waals surface area contributed by atoms with Gasteiger partial charge in [-0.25, -0.2) is 4.98 Å². The Labute approximate surface area is 113 Å². The number of nitrogens with zero attached hydrogens (tertiary/aromatic N) is 3. The van der Waals surface area contributed by atoms with Crippen molar-refractivity contribution >= 4 is 11.0 Å². The summed E-state index contributed by atoms with van der Waals surface area (Å²) in [4.78, 5) is 4.84. The van der Waals surface area contributed by atoms with Crippen molar-refractivity contribution in [1.29, 1.82) is 5.26 Å². The standard InChI is InChI=1S/C16H19N3/c1-11-9-14-15(10-12(11)2)19(8-4-7-17)16(18-14)13-5-3-6-13/h9-10,13H,3-6,8H2,1-2H3. The SMILES string of the molecule is Cc1cc2nc(C3CCC3)n(CCC#N)c2cc1C. The molecule has 0 aliphatic heterocycles. The molecule has 2 aromatic rings. The van der Waals surface area contributed by atoms with Gasteiger partial charge in [-0.15, -0.1) is 0 Å². The van der Waals surface area contributed by atoms with Crippen molar-refractivity contribution in [2.45, 2.75) is 52.0 Å². The minimum Gasteiger partial charge on any atom is -0.327 e. The van der Waals surface area contributed by atoms with Crippen molar-refractivity contribution in [1.82, 2.24) is 9.55 Å². The topological polar surface area (TPSA) is 41.6 Å². The Morgan fingerprint density at radius 1 is 1.32 bits per heavy atom. The van der Waals surface area contributed by atoms with Crippen LogP contribution in [0.5, 0.6) is 0 Å². The summed E-state index contributed by atoms with van der Waals surface area (Å²) in [5.74, 6) is 1.80. The van der Waals surface area contributed by atoms with E-state index < -0.39 is 0 Å². The maximum Gasteiger partial charge on any atom is 0.113 e. The summed E-state index contributed by atoms with van der Waals surface area (Å²) in [7, 11) is 0. The molecule has 1 aromatic carbocycles. The number of hydrogen-bond acceptors (Lipinski definition) is 2. The fraction of sp³-hybridized carbons (Fsp3) is 0.500. The highest BCUT2D eigenvalue weighted by molar-refractivity contribution is 5.78. The number of rotatable bonds is 3. The van der Waals surface area contributed by atoms with Crippen molar-refractivity contribution < 1.29 is 0 Å². The number of hydrogen-bond donors (Lipinski definition) is 0. The molecule has 0 bridgehead atoms. The second-order valence-electron chi connectivity index (χ2n) is 5.58. The molecule has 98 valence electrons. The molecule has 1 aliphatic rings. The number of nitriles is 1. The number of aromatic nitrogens is 2. The molecule has 0 saturated heterocycles. The second kappa shape index (κ2) is 4.70. The number of fused-ring (bicyclic) bond motifs is 1. The molecule has 19 heavy (non-hydrogen) atoms. The van der Waals surface area contributed by atoms with Crippen LogP contribution in [0.15, 0.2) is 12.1 Å². The lowest BCUT2D eigenvalue weighted by atomic mass is 9.85. The van der Waals surface area contributed by atoms with Gasteiger partial charge in [0.05, 0.1) is 23.5 Å². The normalized spacial score (nSPS) is 15.4. The molecule has 1 saturated carbocycles. The van der Waals surface area contributed by atoms with Crippen LogP contribution < -0.4 is 0 Å². The largest absolute Gasteiger partial charge is 0.327 e. The Hall–Kier alpha value is -1.82. The van der Waals surface area contributed by atoms with Crippen molar-refractivity contribution in [2.24, 2.45) is 0 Å².